The Morgan fingerprint density at radius 3 is 2.66 bits per heavy atom. The number of aromatic nitrogens is 2. The van der Waals surface area contributed by atoms with Crippen LogP contribution in [0.2, 0.25) is 10.0 Å². The van der Waals surface area contributed by atoms with E-state index in [2.05, 4.69) is 16.5 Å². The standard InChI is InChI=1S/C24H21Cl2N3O2S/c1-15-5-16(2)7-21(6-15)31-13-17-8-23(32-14-17)24(30)28-20-10-27-29(12-20)11-18-3-4-19(25)9-22(18)26/h3-10,12,14H,11,13H2,1-2H3,(H,28,30). The molecule has 0 aliphatic rings. The van der Waals surface area contributed by atoms with E-state index >= 15 is 0 Å². The quantitative estimate of drug-likeness (QED) is 0.315. The third kappa shape index (κ3) is 5.71. The van der Waals surface area contributed by atoms with Crippen molar-refractivity contribution >= 4 is 46.1 Å². The number of halogens is 2. The number of nitrogens with one attached hydrogen (secondary N) is 1. The summed E-state index contributed by atoms with van der Waals surface area (Å²) in [5.74, 6) is 0.643. The normalized spacial score (nSPS) is 10.9. The van der Waals surface area contributed by atoms with E-state index in [0.717, 1.165) is 28.0 Å². The molecule has 0 aliphatic heterocycles. The minimum absolute atomic E-state index is 0.184. The Hall–Kier alpha value is -2.80. The van der Waals surface area contributed by atoms with E-state index in [0.29, 0.717) is 33.8 Å². The summed E-state index contributed by atoms with van der Waals surface area (Å²) >= 11 is 13.6. The van der Waals surface area contributed by atoms with Crippen molar-refractivity contribution in [3.05, 3.63) is 97.4 Å². The van der Waals surface area contributed by atoms with Crippen LogP contribution in [0.15, 0.2) is 60.2 Å². The van der Waals surface area contributed by atoms with E-state index in [1.165, 1.54) is 11.3 Å². The molecule has 2 heterocycles. The van der Waals surface area contributed by atoms with Crippen molar-refractivity contribution in [3.8, 4) is 5.75 Å². The minimum Gasteiger partial charge on any atom is -0.489 e. The molecule has 2 aromatic carbocycles. The van der Waals surface area contributed by atoms with Crippen LogP contribution in [0.4, 0.5) is 5.69 Å². The summed E-state index contributed by atoms with van der Waals surface area (Å²) in [5.41, 5.74) is 4.77. The minimum atomic E-state index is -0.184. The Balaban J connectivity index is 1.35. The number of nitrogens with zero attached hydrogens (tertiary/aromatic N) is 2. The van der Waals surface area contributed by atoms with Crippen LogP contribution in [0, 0.1) is 13.8 Å². The number of benzene rings is 2. The lowest BCUT2D eigenvalue weighted by Gasteiger charge is -2.07. The van der Waals surface area contributed by atoms with Crippen LogP contribution in [0.25, 0.3) is 0 Å². The summed E-state index contributed by atoms with van der Waals surface area (Å²) in [6, 6.07) is 13.3. The fourth-order valence-corrected chi connectivity index (χ4v) is 4.55. The Kier molecular flexibility index (Phi) is 6.84. The first kappa shape index (κ1) is 22.4. The Morgan fingerprint density at radius 2 is 1.91 bits per heavy atom. The molecule has 2 aromatic heterocycles. The molecule has 1 amide bonds. The molecular weight excluding hydrogens is 465 g/mol. The first-order valence-corrected chi connectivity index (χ1v) is 11.6. The predicted molar refractivity (Wildman–Crippen MR) is 130 cm³/mol. The molecule has 0 fully saturated rings. The first-order chi connectivity index (χ1) is 15.4. The molecule has 32 heavy (non-hydrogen) atoms. The van der Waals surface area contributed by atoms with Crippen molar-refractivity contribution in [2.75, 3.05) is 5.32 Å². The number of anilines is 1. The maximum Gasteiger partial charge on any atom is 0.265 e. The van der Waals surface area contributed by atoms with Gasteiger partial charge in [-0.15, -0.1) is 11.3 Å². The molecule has 0 unspecified atom stereocenters. The molecule has 164 valence electrons. The second kappa shape index (κ2) is 9.77. The van der Waals surface area contributed by atoms with Crippen LogP contribution in [-0.2, 0) is 13.2 Å². The number of amides is 1. The van der Waals surface area contributed by atoms with E-state index in [-0.39, 0.29) is 5.91 Å². The lowest BCUT2D eigenvalue weighted by Crippen LogP contribution is -2.09. The molecule has 1 N–H and O–H groups in total. The van der Waals surface area contributed by atoms with Gasteiger partial charge in [0.15, 0.2) is 0 Å². The number of aryl methyl sites for hydroxylation is 2. The Bertz CT molecular complexity index is 1250. The summed E-state index contributed by atoms with van der Waals surface area (Å²) in [5, 5.41) is 10.3. The van der Waals surface area contributed by atoms with Crippen LogP contribution in [0.1, 0.15) is 31.9 Å². The van der Waals surface area contributed by atoms with E-state index in [1.54, 1.807) is 29.2 Å². The van der Waals surface area contributed by atoms with E-state index in [1.807, 2.05) is 43.5 Å². The van der Waals surface area contributed by atoms with Gasteiger partial charge in [0.25, 0.3) is 5.91 Å². The third-order valence-corrected chi connectivity index (χ3v) is 6.28. The van der Waals surface area contributed by atoms with Gasteiger partial charge in [-0.3, -0.25) is 9.48 Å². The smallest absolute Gasteiger partial charge is 0.265 e. The third-order valence-electron chi connectivity index (χ3n) is 4.72. The first-order valence-electron chi connectivity index (χ1n) is 9.92. The molecule has 5 nitrogen and oxygen atoms in total. The summed E-state index contributed by atoms with van der Waals surface area (Å²) in [6.45, 7) is 4.97. The SMILES string of the molecule is Cc1cc(C)cc(OCc2csc(C(=O)Nc3cnn(Cc4ccc(Cl)cc4Cl)c3)c2)c1. The molecule has 0 aliphatic carbocycles. The van der Waals surface area contributed by atoms with Gasteiger partial charge in [-0.05, 0) is 66.2 Å². The predicted octanol–water partition coefficient (Wildman–Crippen LogP) is 6.75. The van der Waals surface area contributed by atoms with Gasteiger partial charge < -0.3 is 10.1 Å². The summed E-state index contributed by atoms with van der Waals surface area (Å²) in [7, 11) is 0. The van der Waals surface area contributed by atoms with Crippen molar-refractivity contribution in [3.63, 3.8) is 0 Å². The van der Waals surface area contributed by atoms with Gasteiger partial charge in [0.1, 0.15) is 12.4 Å². The molecule has 0 atom stereocenters. The van der Waals surface area contributed by atoms with Crippen LogP contribution in [-0.4, -0.2) is 15.7 Å². The molecule has 0 bridgehead atoms. The topological polar surface area (TPSA) is 56.1 Å². The van der Waals surface area contributed by atoms with Crippen molar-refractivity contribution in [2.45, 2.75) is 27.0 Å². The zero-order valence-electron chi connectivity index (χ0n) is 17.6. The van der Waals surface area contributed by atoms with Crippen LogP contribution < -0.4 is 10.1 Å². The van der Waals surface area contributed by atoms with E-state index in [9.17, 15) is 4.79 Å². The summed E-state index contributed by atoms with van der Waals surface area (Å²) in [6.07, 6.45) is 3.37. The van der Waals surface area contributed by atoms with E-state index in [4.69, 9.17) is 27.9 Å². The molecular formula is C24H21Cl2N3O2S. The second-order valence-corrected chi connectivity index (χ2v) is 9.30. The number of thiophene rings is 1. The molecule has 0 saturated heterocycles. The lowest BCUT2D eigenvalue weighted by molar-refractivity contribution is 0.103. The molecule has 8 heteroatoms. The van der Waals surface area contributed by atoms with Crippen molar-refractivity contribution in [2.24, 2.45) is 0 Å². The lowest BCUT2D eigenvalue weighted by atomic mass is 10.1. The molecule has 4 rings (SSSR count). The van der Waals surface area contributed by atoms with Crippen LogP contribution in [0.5, 0.6) is 5.75 Å². The highest BCUT2D eigenvalue weighted by Crippen LogP contribution is 2.23. The molecule has 4 aromatic rings. The Morgan fingerprint density at radius 1 is 1.12 bits per heavy atom. The highest BCUT2D eigenvalue weighted by atomic mass is 35.5. The average molecular weight is 486 g/mol. The van der Waals surface area contributed by atoms with Gasteiger partial charge in [0.2, 0.25) is 0 Å². The number of hydrogen-bond donors (Lipinski definition) is 1. The van der Waals surface area contributed by atoms with Gasteiger partial charge >= 0.3 is 0 Å². The largest absolute Gasteiger partial charge is 0.489 e. The highest BCUT2D eigenvalue weighted by molar-refractivity contribution is 7.12. The van der Waals surface area contributed by atoms with E-state index < -0.39 is 0 Å². The zero-order valence-corrected chi connectivity index (χ0v) is 19.9. The number of carbonyl (C=O) groups excluding carboxylic acids is 1. The molecule has 0 saturated carbocycles. The Labute approximate surface area is 200 Å². The van der Waals surface area contributed by atoms with Crippen LogP contribution in [0.3, 0.4) is 0 Å². The van der Waals surface area contributed by atoms with Gasteiger partial charge in [-0.2, -0.15) is 5.10 Å². The molecule has 0 radical (unpaired) electrons. The number of carbonyl (C=O) groups is 1. The average Bonchev–Trinajstić information content (AvgIpc) is 3.37. The maximum atomic E-state index is 12.6. The monoisotopic (exact) mass is 485 g/mol. The summed E-state index contributed by atoms with van der Waals surface area (Å²) in [4.78, 5) is 13.2. The number of rotatable bonds is 7. The zero-order chi connectivity index (χ0) is 22.7. The molecule has 0 spiro atoms. The van der Waals surface area contributed by atoms with Gasteiger partial charge in [-0.25, -0.2) is 0 Å². The fraction of sp³-hybridized carbons (Fsp3) is 0.167. The maximum absolute atomic E-state index is 12.6. The number of hydrogen-bond acceptors (Lipinski definition) is 4. The van der Waals surface area contributed by atoms with Gasteiger partial charge in [0, 0.05) is 21.8 Å². The van der Waals surface area contributed by atoms with Crippen molar-refractivity contribution in [1.29, 1.82) is 0 Å². The number of ether oxygens (including phenoxy) is 1. The second-order valence-electron chi connectivity index (χ2n) is 7.55. The van der Waals surface area contributed by atoms with Crippen LogP contribution >= 0.6 is 34.5 Å². The van der Waals surface area contributed by atoms with Gasteiger partial charge in [0.05, 0.1) is 23.3 Å². The van der Waals surface area contributed by atoms with Crippen molar-refractivity contribution < 1.29 is 9.53 Å². The van der Waals surface area contributed by atoms with Crippen molar-refractivity contribution in [1.82, 2.24) is 9.78 Å². The van der Waals surface area contributed by atoms with Gasteiger partial charge in [-0.1, -0.05) is 35.3 Å². The summed E-state index contributed by atoms with van der Waals surface area (Å²) < 4.78 is 7.60. The highest BCUT2D eigenvalue weighted by Gasteiger charge is 2.12. The fourth-order valence-electron chi connectivity index (χ4n) is 3.28.